The van der Waals surface area contributed by atoms with Crippen molar-refractivity contribution in [1.82, 2.24) is 5.32 Å². The summed E-state index contributed by atoms with van der Waals surface area (Å²) in [6.45, 7) is 0.193. The maximum Gasteiger partial charge on any atom is 0.217 e. The zero-order chi connectivity index (χ0) is 18.1. The Morgan fingerprint density at radius 1 is 1.30 bits per heavy atom. The van der Waals surface area contributed by atoms with Gasteiger partial charge in [-0.3, -0.25) is 4.79 Å². The standard InChI is InChI=1S/C16H26N2O5/c1-11(19)18-13(9-17-12-7-5-4-6-8-12)15(21)16(23-3)14(20)10-22-2/h4-8,13-17,20-21H,9-10H2,1-3H3,(H,18,19)/t13?,14?,15-,16-/m1/s1/i9D/t9-,13?,14?,15+,16+/m0. The Balaban J connectivity index is 2.90. The Hall–Kier alpha value is -1.67. The number of hydrogen-bond acceptors (Lipinski definition) is 6. The minimum Gasteiger partial charge on any atom is -0.388 e. The molecular formula is C16H26N2O5. The number of benzene rings is 1. The summed E-state index contributed by atoms with van der Waals surface area (Å²) in [5.74, 6) is -0.401. The van der Waals surface area contributed by atoms with E-state index in [1.165, 1.54) is 21.1 Å². The molecular weight excluding hydrogens is 300 g/mol. The van der Waals surface area contributed by atoms with Gasteiger partial charge in [0.25, 0.3) is 0 Å². The number of methoxy groups -OCH3 is 2. The minimum atomic E-state index is -1.32. The molecule has 0 saturated carbocycles. The lowest BCUT2D eigenvalue weighted by atomic mass is 10.0. The van der Waals surface area contributed by atoms with Gasteiger partial charge in [-0.2, -0.15) is 0 Å². The average molecular weight is 327 g/mol. The third-order valence-corrected chi connectivity index (χ3v) is 3.27. The van der Waals surface area contributed by atoms with E-state index in [1.807, 2.05) is 6.07 Å². The van der Waals surface area contributed by atoms with Gasteiger partial charge in [-0.1, -0.05) is 18.2 Å². The number of aliphatic hydroxyl groups is 2. The van der Waals surface area contributed by atoms with Gasteiger partial charge in [-0.25, -0.2) is 0 Å². The molecule has 0 aliphatic rings. The summed E-state index contributed by atoms with van der Waals surface area (Å²) >= 11 is 0. The van der Waals surface area contributed by atoms with E-state index in [9.17, 15) is 15.0 Å². The second-order valence-corrected chi connectivity index (χ2v) is 5.12. The lowest BCUT2D eigenvalue weighted by Crippen LogP contribution is -2.55. The van der Waals surface area contributed by atoms with Crippen LogP contribution in [0.4, 0.5) is 5.69 Å². The van der Waals surface area contributed by atoms with E-state index in [-0.39, 0.29) is 6.61 Å². The maximum atomic E-state index is 11.5. The smallest absolute Gasteiger partial charge is 0.217 e. The summed E-state index contributed by atoms with van der Waals surface area (Å²) < 4.78 is 18.3. The van der Waals surface area contributed by atoms with Crippen LogP contribution in [0.25, 0.3) is 0 Å². The molecule has 2 unspecified atom stereocenters. The second kappa shape index (κ2) is 10.2. The maximum absolute atomic E-state index is 11.5. The molecule has 4 N–H and O–H groups in total. The highest BCUT2D eigenvalue weighted by Crippen LogP contribution is 2.12. The van der Waals surface area contributed by atoms with Gasteiger partial charge >= 0.3 is 0 Å². The summed E-state index contributed by atoms with van der Waals surface area (Å²) in [5.41, 5.74) is 0.673. The second-order valence-electron chi connectivity index (χ2n) is 5.12. The first-order valence-electron chi connectivity index (χ1n) is 7.87. The first-order chi connectivity index (χ1) is 11.4. The van der Waals surface area contributed by atoms with Crippen molar-refractivity contribution in [1.29, 1.82) is 0 Å². The number of hydrogen-bond donors (Lipinski definition) is 4. The van der Waals surface area contributed by atoms with Crippen molar-refractivity contribution in [2.45, 2.75) is 31.3 Å². The van der Waals surface area contributed by atoms with E-state index in [2.05, 4.69) is 10.6 Å². The van der Waals surface area contributed by atoms with Crippen LogP contribution in [0.1, 0.15) is 8.29 Å². The number of carbonyl (C=O) groups is 1. The first-order valence-corrected chi connectivity index (χ1v) is 7.29. The molecule has 0 aliphatic heterocycles. The summed E-state index contributed by atoms with van der Waals surface area (Å²) in [5, 5.41) is 26.0. The van der Waals surface area contributed by atoms with Gasteiger partial charge in [-0.15, -0.1) is 0 Å². The Kier molecular flexibility index (Phi) is 7.82. The third kappa shape index (κ3) is 6.54. The number of para-hydroxylation sites is 1. The highest BCUT2D eigenvalue weighted by atomic mass is 16.5. The monoisotopic (exact) mass is 327 g/mol. The Morgan fingerprint density at radius 2 is 1.96 bits per heavy atom. The van der Waals surface area contributed by atoms with Gasteiger partial charge in [-0.05, 0) is 12.1 Å². The Morgan fingerprint density at radius 3 is 2.48 bits per heavy atom. The van der Waals surface area contributed by atoms with Gasteiger partial charge in [0.05, 0.1) is 14.0 Å². The van der Waals surface area contributed by atoms with Crippen molar-refractivity contribution in [3.05, 3.63) is 30.3 Å². The normalized spacial score (nSPS) is 18.2. The molecule has 0 spiro atoms. The third-order valence-electron chi connectivity index (χ3n) is 3.27. The van der Waals surface area contributed by atoms with Crippen molar-refractivity contribution in [3.63, 3.8) is 0 Å². The topological polar surface area (TPSA) is 100 Å². The van der Waals surface area contributed by atoms with E-state index in [1.54, 1.807) is 24.3 Å². The summed E-state index contributed by atoms with van der Waals surface area (Å²) in [7, 11) is 2.75. The summed E-state index contributed by atoms with van der Waals surface area (Å²) in [6.07, 6.45) is -3.44. The van der Waals surface area contributed by atoms with Gasteiger partial charge in [0, 0.05) is 33.4 Å². The zero-order valence-corrected chi connectivity index (χ0v) is 13.6. The van der Waals surface area contributed by atoms with Crippen LogP contribution in [-0.2, 0) is 14.3 Å². The van der Waals surface area contributed by atoms with E-state index >= 15 is 0 Å². The number of aliphatic hydroxyl groups excluding tert-OH is 2. The van der Waals surface area contributed by atoms with Gasteiger partial charge in [0.2, 0.25) is 5.91 Å². The van der Waals surface area contributed by atoms with Crippen LogP contribution < -0.4 is 10.6 Å². The molecule has 1 aromatic rings. The van der Waals surface area contributed by atoms with Crippen LogP contribution in [0.2, 0.25) is 0 Å². The van der Waals surface area contributed by atoms with Crippen LogP contribution in [0.15, 0.2) is 30.3 Å². The predicted octanol–water partition coefficient (Wildman–Crippen LogP) is -0.0136. The number of nitrogens with one attached hydrogen (secondary N) is 2. The molecule has 1 rings (SSSR count). The van der Waals surface area contributed by atoms with Gasteiger partial charge in [0.15, 0.2) is 0 Å². The van der Waals surface area contributed by atoms with Gasteiger partial charge < -0.3 is 30.3 Å². The van der Waals surface area contributed by atoms with E-state index < -0.39 is 36.8 Å². The fraction of sp³-hybridized carbons (Fsp3) is 0.562. The highest BCUT2D eigenvalue weighted by molar-refractivity contribution is 5.73. The molecule has 7 nitrogen and oxygen atoms in total. The molecule has 0 saturated heterocycles. The summed E-state index contributed by atoms with van der Waals surface area (Å²) in [6, 6.07) is 7.99. The minimum absolute atomic E-state index is 0.0445. The largest absolute Gasteiger partial charge is 0.388 e. The molecule has 0 radical (unpaired) electrons. The van der Waals surface area contributed by atoms with Crippen molar-refractivity contribution in [2.24, 2.45) is 0 Å². The molecule has 0 fully saturated rings. The number of carbonyl (C=O) groups excluding carboxylic acids is 1. The quantitative estimate of drug-likeness (QED) is 0.482. The molecule has 0 heterocycles. The Labute approximate surface area is 138 Å². The van der Waals surface area contributed by atoms with Crippen LogP contribution in [0.3, 0.4) is 0 Å². The van der Waals surface area contributed by atoms with Crippen molar-refractivity contribution in [3.8, 4) is 0 Å². The lowest BCUT2D eigenvalue weighted by Gasteiger charge is -2.32. The molecule has 1 aromatic carbocycles. The molecule has 130 valence electrons. The highest BCUT2D eigenvalue weighted by Gasteiger charge is 2.33. The lowest BCUT2D eigenvalue weighted by molar-refractivity contribution is -0.126. The fourth-order valence-corrected chi connectivity index (χ4v) is 2.17. The zero-order valence-electron chi connectivity index (χ0n) is 14.6. The first kappa shape index (κ1) is 17.7. The van der Waals surface area contributed by atoms with Crippen LogP contribution in [0, 0.1) is 0 Å². The Bertz CT molecular complexity index is 491. The van der Waals surface area contributed by atoms with E-state index in [0.717, 1.165) is 0 Å². The van der Waals surface area contributed by atoms with Gasteiger partial charge in [0.1, 0.15) is 18.3 Å². The van der Waals surface area contributed by atoms with Crippen LogP contribution in [-0.4, -0.2) is 67.8 Å². The SMILES string of the molecule is [2H][C@H](Nc1ccccc1)C(NC(C)=O)[C@@H](O)[C@H](OC)C(O)COC. The van der Waals surface area contributed by atoms with E-state index in [4.69, 9.17) is 10.8 Å². The summed E-state index contributed by atoms with van der Waals surface area (Å²) in [4.78, 5) is 11.5. The molecule has 0 aromatic heterocycles. The predicted molar refractivity (Wildman–Crippen MR) is 87.2 cm³/mol. The molecule has 7 heteroatoms. The molecule has 0 bridgehead atoms. The van der Waals surface area contributed by atoms with Crippen LogP contribution >= 0.6 is 0 Å². The fourth-order valence-electron chi connectivity index (χ4n) is 2.17. The van der Waals surface area contributed by atoms with Crippen molar-refractivity contribution >= 4 is 11.6 Å². The van der Waals surface area contributed by atoms with Crippen LogP contribution in [0.5, 0.6) is 0 Å². The number of anilines is 1. The molecule has 0 aliphatic carbocycles. The number of ether oxygens (including phenoxy) is 2. The molecule has 23 heavy (non-hydrogen) atoms. The average Bonchev–Trinajstić information content (AvgIpc) is 2.54. The van der Waals surface area contributed by atoms with Crippen molar-refractivity contribution < 1.29 is 25.9 Å². The number of rotatable bonds is 10. The van der Waals surface area contributed by atoms with E-state index in [0.29, 0.717) is 5.69 Å². The van der Waals surface area contributed by atoms with Crippen molar-refractivity contribution in [2.75, 3.05) is 32.7 Å². The number of amides is 1. The molecule has 1 amide bonds. The molecule has 5 atom stereocenters.